The summed E-state index contributed by atoms with van der Waals surface area (Å²) in [4.78, 5) is 0. The van der Waals surface area contributed by atoms with Crippen molar-refractivity contribution in [2.24, 2.45) is 0 Å². The average molecular weight is 471 g/mol. The molecule has 4 aromatic carbocycles. The van der Waals surface area contributed by atoms with Crippen molar-refractivity contribution in [1.82, 2.24) is 0 Å². The normalized spacial score (nSPS) is 12.1. The van der Waals surface area contributed by atoms with E-state index >= 15 is 0 Å². The van der Waals surface area contributed by atoms with Gasteiger partial charge < -0.3 is 4.74 Å². The van der Waals surface area contributed by atoms with Gasteiger partial charge in [0.2, 0.25) is 0 Å². The van der Waals surface area contributed by atoms with Gasteiger partial charge in [0, 0.05) is 10.8 Å². The molecule has 4 rings (SSSR count). The number of halogens is 2. The molecule has 0 aliphatic carbocycles. The van der Waals surface area contributed by atoms with Crippen molar-refractivity contribution in [2.45, 2.75) is 51.7 Å². The highest BCUT2D eigenvalue weighted by atomic mass is 19.1. The van der Waals surface area contributed by atoms with Crippen molar-refractivity contribution in [2.75, 3.05) is 0 Å². The molecule has 0 spiro atoms. The van der Waals surface area contributed by atoms with E-state index < -0.39 is 0 Å². The quantitative estimate of drug-likeness (QED) is 0.251. The summed E-state index contributed by atoms with van der Waals surface area (Å²) in [6.45, 7) is 9.64. The summed E-state index contributed by atoms with van der Waals surface area (Å²) in [7, 11) is 0. The van der Waals surface area contributed by atoms with Crippen molar-refractivity contribution >= 4 is 0 Å². The van der Waals surface area contributed by atoms with Crippen LogP contribution in [0.4, 0.5) is 8.78 Å². The molecule has 0 heterocycles. The summed E-state index contributed by atoms with van der Waals surface area (Å²) < 4.78 is 32.6. The van der Waals surface area contributed by atoms with Gasteiger partial charge in [0.1, 0.15) is 11.6 Å². The number of hydrogen-bond acceptors (Lipinski definition) is 1. The third kappa shape index (κ3) is 5.68. The number of ether oxygens (including phenoxy) is 1. The SMILES string of the molecule is CC(C)(c1ccc(F)cc1)c1ccc(COCc2ccc(C(C)(C)c3ccc(F)cc3)cc2)cc1. The van der Waals surface area contributed by atoms with Crippen molar-refractivity contribution in [3.05, 3.63) is 142 Å². The van der Waals surface area contributed by atoms with Gasteiger partial charge in [0.05, 0.1) is 13.2 Å². The van der Waals surface area contributed by atoms with Crippen LogP contribution in [0.25, 0.3) is 0 Å². The van der Waals surface area contributed by atoms with E-state index in [-0.39, 0.29) is 22.5 Å². The van der Waals surface area contributed by atoms with E-state index in [1.807, 2.05) is 24.3 Å². The predicted octanol–water partition coefficient (Wildman–Crippen LogP) is 8.33. The van der Waals surface area contributed by atoms with Gasteiger partial charge in [-0.15, -0.1) is 0 Å². The van der Waals surface area contributed by atoms with Crippen molar-refractivity contribution in [3.8, 4) is 0 Å². The lowest BCUT2D eigenvalue weighted by atomic mass is 9.78. The molecule has 0 saturated heterocycles. The maximum atomic E-state index is 13.3. The van der Waals surface area contributed by atoms with E-state index in [0.29, 0.717) is 13.2 Å². The minimum absolute atomic E-state index is 0.212. The zero-order valence-electron chi connectivity index (χ0n) is 20.8. The first-order valence-electron chi connectivity index (χ1n) is 11.9. The summed E-state index contributed by atoms with van der Waals surface area (Å²) in [5, 5.41) is 0. The Morgan fingerprint density at radius 3 is 1.00 bits per heavy atom. The van der Waals surface area contributed by atoms with Crippen LogP contribution in [0.3, 0.4) is 0 Å². The largest absolute Gasteiger partial charge is 0.372 e. The van der Waals surface area contributed by atoms with Gasteiger partial charge in [-0.2, -0.15) is 0 Å². The molecule has 4 aromatic rings. The molecule has 0 aromatic heterocycles. The molecule has 0 fully saturated rings. The first kappa shape index (κ1) is 24.8. The molecule has 0 amide bonds. The number of rotatable bonds is 8. The van der Waals surface area contributed by atoms with E-state index in [1.165, 1.54) is 35.4 Å². The highest BCUT2D eigenvalue weighted by Gasteiger charge is 2.24. The fourth-order valence-corrected chi connectivity index (χ4v) is 4.39. The van der Waals surface area contributed by atoms with Gasteiger partial charge in [0.25, 0.3) is 0 Å². The maximum Gasteiger partial charge on any atom is 0.123 e. The van der Waals surface area contributed by atoms with Crippen LogP contribution < -0.4 is 0 Å². The molecule has 3 heteroatoms. The zero-order valence-corrected chi connectivity index (χ0v) is 20.8. The van der Waals surface area contributed by atoms with Gasteiger partial charge >= 0.3 is 0 Å². The Bertz CT molecular complexity index is 1140. The molecule has 180 valence electrons. The maximum absolute atomic E-state index is 13.3. The molecule has 1 nitrogen and oxygen atoms in total. The summed E-state index contributed by atoms with van der Waals surface area (Å²) in [5.74, 6) is -0.438. The van der Waals surface area contributed by atoms with Crippen LogP contribution >= 0.6 is 0 Å². The Morgan fingerprint density at radius 1 is 0.457 bits per heavy atom. The van der Waals surface area contributed by atoms with Crippen molar-refractivity contribution in [3.63, 3.8) is 0 Å². The fraction of sp³-hybridized carbons (Fsp3) is 0.250. The van der Waals surface area contributed by atoms with Gasteiger partial charge in [0.15, 0.2) is 0 Å². The zero-order chi connectivity index (χ0) is 25.1. The Hall–Kier alpha value is -3.30. The van der Waals surface area contributed by atoms with Crippen LogP contribution in [0.2, 0.25) is 0 Å². The van der Waals surface area contributed by atoms with Crippen LogP contribution in [0.1, 0.15) is 61.1 Å². The van der Waals surface area contributed by atoms with Crippen LogP contribution in [0.15, 0.2) is 97.1 Å². The van der Waals surface area contributed by atoms with E-state index in [9.17, 15) is 8.78 Å². The minimum atomic E-state index is -0.219. The minimum Gasteiger partial charge on any atom is -0.372 e. The molecular formula is C32H32F2O. The third-order valence-corrected chi connectivity index (χ3v) is 7.02. The van der Waals surface area contributed by atoms with E-state index in [2.05, 4.69) is 76.2 Å². The first-order valence-corrected chi connectivity index (χ1v) is 11.9. The van der Waals surface area contributed by atoms with E-state index in [1.54, 1.807) is 0 Å². The molecular weight excluding hydrogens is 438 g/mol. The topological polar surface area (TPSA) is 9.23 Å². The van der Waals surface area contributed by atoms with Gasteiger partial charge in [-0.25, -0.2) is 8.78 Å². The molecule has 0 bridgehead atoms. The molecule has 0 atom stereocenters. The lowest BCUT2D eigenvalue weighted by molar-refractivity contribution is 0.107. The molecule has 0 unspecified atom stereocenters. The Balaban J connectivity index is 1.34. The molecule has 35 heavy (non-hydrogen) atoms. The lowest BCUT2D eigenvalue weighted by Gasteiger charge is -2.26. The van der Waals surface area contributed by atoms with Gasteiger partial charge in [-0.3, -0.25) is 0 Å². The highest BCUT2D eigenvalue weighted by molar-refractivity contribution is 5.40. The van der Waals surface area contributed by atoms with Crippen molar-refractivity contribution in [1.29, 1.82) is 0 Å². The van der Waals surface area contributed by atoms with E-state index in [4.69, 9.17) is 4.74 Å². The molecule has 0 saturated carbocycles. The highest BCUT2D eigenvalue weighted by Crippen LogP contribution is 2.33. The average Bonchev–Trinajstić information content (AvgIpc) is 2.85. The smallest absolute Gasteiger partial charge is 0.123 e. The Labute approximate surface area is 207 Å². The summed E-state index contributed by atoms with van der Waals surface area (Å²) in [6, 6.07) is 30.3. The van der Waals surface area contributed by atoms with Gasteiger partial charge in [-0.05, 0) is 57.6 Å². The molecule has 0 aliphatic heterocycles. The van der Waals surface area contributed by atoms with E-state index in [0.717, 1.165) is 22.3 Å². The second-order valence-corrected chi connectivity index (χ2v) is 10.2. The standard InChI is InChI=1S/C32H32F2O/c1-31(2,27-13-17-29(33)18-14-27)25-9-5-23(6-10-25)21-35-22-24-7-11-26(12-8-24)32(3,4)28-15-19-30(34)20-16-28/h5-20H,21-22H2,1-4H3. The number of hydrogen-bond donors (Lipinski definition) is 0. The Morgan fingerprint density at radius 2 is 0.714 bits per heavy atom. The van der Waals surface area contributed by atoms with Gasteiger partial charge in [-0.1, -0.05) is 100 Å². The van der Waals surface area contributed by atoms with Crippen molar-refractivity contribution < 1.29 is 13.5 Å². The molecule has 0 N–H and O–H groups in total. The second kappa shape index (κ2) is 10.1. The fourth-order valence-electron chi connectivity index (χ4n) is 4.39. The summed E-state index contributed by atoms with van der Waals surface area (Å²) in [5.41, 5.74) is 6.30. The lowest BCUT2D eigenvalue weighted by Crippen LogP contribution is -2.19. The van der Waals surface area contributed by atoms with Crippen LogP contribution in [0, 0.1) is 11.6 Å². The van der Waals surface area contributed by atoms with Crippen LogP contribution in [-0.2, 0) is 28.8 Å². The monoisotopic (exact) mass is 470 g/mol. The summed E-state index contributed by atoms with van der Waals surface area (Å²) in [6.07, 6.45) is 0. The third-order valence-electron chi connectivity index (χ3n) is 7.02. The van der Waals surface area contributed by atoms with Crippen LogP contribution in [-0.4, -0.2) is 0 Å². The Kier molecular flexibility index (Phi) is 7.18. The molecule has 0 radical (unpaired) electrons. The first-order chi connectivity index (χ1) is 16.7. The molecule has 0 aliphatic rings. The second-order valence-electron chi connectivity index (χ2n) is 10.2. The van der Waals surface area contributed by atoms with Crippen LogP contribution in [0.5, 0.6) is 0 Å². The summed E-state index contributed by atoms with van der Waals surface area (Å²) >= 11 is 0. The predicted molar refractivity (Wildman–Crippen MR) is 138 cm³/mol. The number of benzene rings is 4.